The zero-order valence-electron chi connectivity index (χ0n) is 11.5. The van der Waals surface area contributed by atoms with E-state index in [1.165, 1.54) is 0 Å². The average molecular weight is 272 g/mol. The monoisotopic (exact) mass is 272 g/mol. The highest BCUT2D eigenvalue weighted by Crippen LogP contribution is 2.48. The fourth-order valence-corrected chi connectivity index (χ4v) is 2.25. The number of benzene rings is 1. The van der Waals surface area contributed by atoms with E-state index in [1.807, 2.05) is 31.2 Å². The fourth-order valence-electron chi connectivity index (χ4n) is 2.25. The SMILES string of the molecule is CCOC(=O)C1(c2nc(-c3ccccc3C)no2)CC1. The normalized spacial score (nSPS) is 15.9. The van der Waals surface area contributed by atoms with Crippen molar-refractivity contribution in [2.75, 3.05) is 6.61 Å². The van der Waals surface area contributed by atoms with Crippen molar-refractivity contribution in [3.63, 3.8) is 0 Å². The molecule has 0 N–H and O–H groups in total. The van der Waals surface area contributed by atoms with Gasteiger partial charge in [-0.3, -0.25) is 4.79 Å². The largest absolute Gasteiger partial charge is 0.465 e. The molecule has 1 aliphatic rings. The molecule has 1 aromatic carbocycles. The van der Waals surface area contributed by atoms with Crippen molar-refractivity contribution >= 4 is 5.97 Å². The van der Waals surface area contributed by atoms with Crippen LogP contribution < -0.4 is 0 Å². The van der Waals surface area contributed by atoms with E-state index in [0.29, 0.717) is 31.2 Å². The second-order valence-electron chi connectivity index (χ2n) is 5.04. The van der Waals surface area contributed by atoms with E-state index >= 15 is 0 Å². The average Bonchev–Trinajstić information content (AvgIpc) is 3.12. The lowest BCUT2D eigenvalue weighted by atomic mass is 10.1. The third-order valence-corrected chi connectivity index (χ3v) is 3.64. The minimum absolute atomic E-state index is 0.264. The first-order valence-electron chi connectivity index (χ1n) is 6.75. The summed E-state index contributed by atoms with van der Waals surface area (Å²) >= 11 is 0. The molecule has 0 atom stereocenters. The van der Waals surface area contributed by atoms with Gasteiger partial charge in [-0.05, 0) is 32.3 Å². The van der Waals surface area contributed by atoms with Crippen LogP contribution in [0.5, 0.6) is 0 Å². The second-order valence-corrected chi connectivity index (χ2v) is 5.04. The Bertz CT molecular complexity index is 644. The number of carbonyl (C=O) groups excluding carboxylic acids is 1. The summed E-state index contributed by atoms with van der Waals surface area (Å²) in [5.74, 6) is 0.628. The lowest BCUT2D eigenvalue weighted by Crippen LogP contribution is -2.23. The van der Waals surface area contributed by atoms with Crippen molar-refractivity contribution in [3.05, 3.63) is 35.7 Å². The molecule has 1 heterocycles. The van der Waals surface area contributed by atoms with Gasteiger partial charge in [0.25, 0.3) is 0 Å². The van der Waals surface area contributed by atoms with Crippen LogP contribution in [0.3, 0.4) is 0 Å². The summed E-state index contributed by atoms with van der Waals surface area (Å²) in [6.07, 6.45) is 1.42. The number of carbonyl (C=O) groups is 1. The van der Waals surface area contributed by atoms with Gasteiger partial charge in [-0.1, -0.05) is 29.4 Å². The van der Waals surface area contributed by atoms with Crippen LogP contribution in [0.15, 0.2) is 28.8 Å². The lowest BCUT2D eigenvalue weighted by molar-refractivity contribution is -0.146. The van der Waals surface area contributed by atoms with E-state index in [4.69, 9.17) is 9.26 Å². The number of aryl methyl sites for hydroxylation is 1. The summed E-state index contributed by atoms with van der Waals surface area (Å²) in [4.78, 5) is 16.4. The molecule has 20 heavy (non-hydrogen) atoms. The summed E-state index contributed by atoms with van der Waals surface area (Å²) in [5.41, 5.74) is 1.28. The molecule has 0 bridgehead atoms. The molecule has 1 fully saturated rings. The highest BCUT2D eigenvalue weighted by atomic mass is 16.5. The number of hydrogen-bond acceptors (Lipinski definition) is 5. The minimum atomic E-state index is -0.704. The van der Waals surface area contributed by atoms with Crippen molar-refractivity contribution in [1.29, 1.82) is 0 Å². The van der Waals surface area contributed by atoms with Gasteiger partial charge in [-0.2, -0.15) is 4.98 Å². The molecule has 0 saturated heterocycles. The number of esters is 1. The fraction of sp³-hybridized carbons (Fsp3) is 0.400. The van der Waals surface area contributed by atoms with Crippen LogP contribution in [-0.2, 0) is 14.9 Å². The minimum Gasteiger partial charge on any atom is -0.465 e. The first-order chi connectivity index (χ1) is 9.67. The molecule has 5 nitrogen and oxygen atoms in total. The molecule has 0 unspecified atom stereocenters. The van der Waals surface area contributed by atoms with E-state index < -0.39 is 5.41 Å². The highest BCUT2D eigenvalue weighted by molar-refractivity contribution is 5.85. The maximum Gasteiger partial charge on any atom is 0.321 e. The van der Waals surface area contributed by atoms with E-state index in [0.717, 1.165) is 11.1 Å². The van der Waals surface area contributed by atoms with E-state index in [1.54, 1.807) is 6.92 Å². The zero-order chi connectivity index (χ0) is 14.2. The molecule has 2 aromatic rings. The van der Waals surface area contributed by atoms with Crippen LogP contribution in [0.2, 0.25) is 0 Å². The Morgan fingerprint density at radius 1 is 1.40 bits per heavy atom. The summed E-state index contributed by atoms with van der Waals surface area (Å²) < 4.78 is 10.4. The molecule has 5 heteroatoms. The van der Waals surface area contributed by atoms with Crippen LogP contribution in [0.4, 0.5) is 0 Å². The maximum absolute atomic E-state index is 12.0. The number of ether oxygens (including phenoxy) is 1. The van der Waals surface area contributed by atoms with E-state index in [9.17, 15) is 4.79 Å². The first kappa shape index (κ1) is 12.8. The van der Waals surface area contributed by atoms with Crippen LogP contribution >= 0.6 is 0 Å². The van der Waals surface area contributed by atoms with Crippen LogP contribution in [0.25, 0.3) is 11.4 Å². The predicted molar refractivity (Wildman–Crippen MR) is 72.0 cm³/mol. The van der Waals surface area contributed by atoms with Crippen LogP contribution in [0, 0.1) is 6.92 Å². The van der Waals surface area contributed by atoms with Gasteiger partial charge in [-0.25, -0.2) is 0 Å². The predicted octanol–water partition coefficient (Wildman–Crippen LogP) is 2.64. The van der Waals surface area contributed by atoms with Gasteiger partial charge >= 0.3 is 5.97 Å². The summed E-state index contributed by atoms with van der Waals surface area (Å²) in [6.45, 7) is 4.14. The van der Waals surface area contributed by atoms with Crippen molar-refractivity contribution < 1.29 is 14.1 Å². The number of hydrogen-bond donors (Lipinski definition) is 0. The highest BCUT2D eigenvalue weighted by Gasteiger charge is 2.57. The number of rotatable bonds is 4. The summed E-state index contributed by atoms with van der Waals surface area (Å²) in [7, 11) is 0. The van der Waals surface area contributed by atoms with Crippen LogP contribution in [-0.4, -0.2) is 22.7 Å². The third-order valence-electron chi connectivity index (χ3n) is 3.64. The molecule has 0 amide bonds. The van der Waals surface area contributed by atoms with Gasteiger partial charge in [0, 0.05) is 5.56 Å². The Labute approximate surface area is 116 Å². The smallest absolute Gasteiger partial charge is 0.321 e. The molecule has 0 aliphatic heterocycles. The van der Waals surface area contributed by atoms with Crippen molar-refractivity contribution in [3.8, 4) is 11.4 Å². The lowest BCUT2D eigenvalue weighted by Gasteiger charge is -2.08. The van der Waals surface area contributed by atoms with Gasteiger partial charge in [0.2, 0.25) is 11.7 Å². The molecular formula is C15H16N2O3. The topological polar surface area (TPSA) is 65.2 Å². The standard InChI is InChI=1S/C15H16N2O3/c1-3-19-14(18)15(8-9-15)13-16-12(17-20-13)11-7-5-4-6-10(11)2/h4-7H,3,8-9H2,1-2H3. The van der Waals surface area contributed by atoms with Crippen LogP contribution in [0.1, 0.15) is 31.2 Å². The van der Waals surface area contributed by atoms with Crippen molar-refractivity contribution in [2.24, 2.45) is 0 Å². The Balaban J connectivity index is 1.92. The van der Waals surface area contributed by atoms with Crippen molar-refractivity contribution in [1.82, 2.24) is 10.1 Å². The van der Waals surface area contributed by atoms with Gasteiger partial charge in [0.05, 0.1) is 6.61 Å². The molecule has 3 rings (SSSR count). The number of aromatic nitrogens is 2. The van der Waals surface area contributed by atoms with Crippen molar-refractivity contribution in [2.45, 2.75) is 32.1 Å². The molecule has 0 spiro atoms. The zero-order valence-corrected chi connectivity index (χ0v) is 11.5. The molecule has 104 valence electrons. The molecule has 1 aromatic heterocycles. The first-order valence-corrected chi connectivity index (χ1v) is 6.75. The Hall–Kier alpha value is -2.17. The number of nitrogens with zero attached hydrogens (tertiary/aromatic N) is 2. The Morgan fingerprint density at radius 2 is 2.15 bits per heavy atom. The summed E-state index contributed by atoms with van der Waals surface area (Å²) in [5, 5.41) is 4.00. The van der Waals surface area contributed by atoms with Gasteiger partial charge in [-0.15, -0.1) is 0 Å². The third kappa shape index (κ3) is 1.99. The van der Waals surface area contributed by atoms with Gasteiger partial charge in [0.15, 0.2) is 0 Å². The second kappa shape index (κ2) is 4.74. The van der Waals surface area contributed by atoms with E-state index in [2.05, 4.69) is 10.1 Å². The maximum atomic E-state index is 12.0. The quantitative estimate of drug-likeness (QED) is 0.800. The van der Waals surface area contributed by atoms with Gasteiger partial charge in [0.1, 0.15) is 5.41 Å². The molecular weight excluding hydrogens is 256 g/mol. The summed E-state index contributed by atoms with van der Waals surface area (Å²) in [6, 6.07) is 7.81. The molecule has 1 saturated carbocycles. The van der Waals surface area contributed by atoms with Gasteiger partial charge < -0.3 is 9.26 Å². The van der Waals surface area contributed by atoms with E-state index in [-0.39, 0.29) is 5.97 Å². The molecule has 0 radical (unpaired) electrons. The molecule has 1 aliphatic carbocycles. The Kier molecular flexibility index (Phi) is 3.04. The Morgan fingerprint density at radius 3 is 2.80 bits per heavy atom.